The van der Waals surface area contributed by atoms with Crippen LogP contribution < -0.4 is 10.1 Å². The summed E-state index contributed by atoms with van der Waals surface area (Å²) >= 11 is 0. The number of nitrogens with one attached hydrogen (secondary N) is 2. The molecule has 27 heavy (non-hydrogen) atoms. The van der Waals surface area contributed by atoms with E-state index in [1.165, 1.54) is 0 Å². The van der Waals surface area contributed by atoms with E-state index in [0.717, 1.165) is 47.5 Å². The molecule has 2 aromatic carbocycles. The van der Waals surface area contributed by atoms with E-state index < -0.39 is 0 Å². The number of amides is 1. The van der Waals surface area contributed by atoms with Crippen molar-refractivity contribution in [2.75, 3.05) is 0 Å². The number of nitrogens with zero attached hydrogens (tertiary/aromatic N) is 1. The van der Waals surface area contributed by atoms with Gasteiger partial charge in [0.2, 0.25) is 5.91 Å². The maximum absolute atomic E-state index is 12.5. The first-order chi connectivity index (χ1) is 13.3. The summed E-state index contributed by atoms with van der Waals surface area (Å²) in [5.41, 5.74) is 4.40. The Kier molecular flexibility index (Phi) is 5.19. The minimum absolute atomic E-state index is 0.0198. The van der Waals surface area contributed by atoms with Crippen LogP contribution in [0.15, 0.2) is 60.9 Å². The lowest BCUT2D eigenvalue weighted by Crippen LogP contribution is -2.33. The minimum Gasteiger partial charge on any atom is -0.489 e. The first-order valence-electron chi connectivity index (χ1n) is 9.32. The molecule has 1 aliphatic rings. The van der Waals surface area contributed by atoms with Gasteiger partial charge in [-0.2, -0.15) is 0 Å². The maximum atomic E-state index is 12.5. The smallest absolute Gasteiger partial charge is 0.223 e. The van der Waals surface area contributed by atoms with Crippen LogP contribution in [0, 0.1) is 5.92 Å². The van der Waals surface area contributed by atoms with Crippen LogP contribution >= 0.6 is 0 Å². The van der Waals surface area contributed by atoms with Crippen LogP contribution in [-0.2, 0) is 30.8 Å². The lowest BCUT2D eigenvalue weighted by molar-refractivity contribution is -0.125. The van der Waals surface area contributed by atoms with Crippen molar-refractivity contribution in [3.05, 3.63) is 83.4 Å². The lowest BCUT2D eigenvalue weighted by Gasteiger charge is -2.20. The highest BCUT2D eigenvalue weighted by Gasteiger charge is 2.25. The molecule has 1 heterocycles. The number of ether oxygens (including phenoxy) is 1. The number of aromatic nitrogens is 2. The normalized spacial score (nSPS) is 15.8. The van der Waals surface area contributed by atoms with Gasteiger partial charge in [0.1, 0.15) is 12.4 Å². The zero-order chi connectivity index (χ0) is 18.5. The molecular weight excluding hydrogens is 338 g/mol. The quantitative estimate of drug-likeness (QED) is 0.707. The van der Waals surface area contributed by atoms with Crippen LogP contribution in [0.3, 0.4) is 0 Å². The SMILES string of the molecule is O=C(NCc1ccc(OCc2ccccc2)cc1)C1CCc2nc[nH]c2C1. The number of aromatic amines is 1. The van der Waals surface area contributed by atoms with E-state index in [2.05, 4.69) is 15.3 Å². The Morgan fingerprint density at radius 2 is 1.93 bits per heavy atom. The summed E-state index contributed by atoms with van der Waals surface area (Å²) in [5.74, 6) is 0.957. The molecule has 5 nitrogen and oxygen atoms in total. The predicted octanol–water partition coefficient (Wildman–Crippen LogP) is 3.41. The molecule has 1 aliphatic carbocycles. The van der Waals surface area contributed by atoms with Crippen molar-refractivity contribution in [1.29, 1.82) is 0 Å². The van der Waals surface area contributed by atoms with E-state index in [9.17, 15) is 4.79 Å². The number of hydrogen-bond acceptors (Lipinski definition) is 3. The van der Waals surface area contributed by atoms with Crippen molar-refractivity contribution >= 4 is 5.91 Å². The molecule has 0 spiro atoms. The third kappa shape index (κ3) is 4.37. The van der Waals surface area contributed by atoms with E-state index >= 15 is 0 Å². The lowest BCUT2D eigenvalue weighted by atomic mass is 9.89. The Morgan fingerprint density at radius 3 is 2.74 bits per heavy atom. The molecule has 0 saturated carbocycles. The first kappa shape index (κ1) is 17.3. The summed E-state index contributed by atoms with van der Waals surface area (Å²) < 4.78 is 5.80. The van der Waals surface area contributed by atoms with Gasteiger partial charge in [-0.15, -0.1) is 0 Å². The third-order valence-corrected chi connectivity index (χ3v) is 5.00. The van der Waals surface area contributed by atoms with Gasteiger partial charge in [0.25, 0.3) is 0 Å². The van der Waals surface area contributed by atoms with Gasteiger partial charge in [0.05, 0.1) is 12.0 Å². The molecular formula is C22H23N3O2. The molecule has 2 N–H and O–H groups in total. The van der Waals surface area contributed by atoms with Crippen molar-refractivity contribution in [1.82, 2.24) is 15.3 Å². The Labute approximate surface area is 158 Å². The summed E-state index contributed by atoms with van der Waals surface area (Å²) in [7, 11) is 0. The molecule has 3 aromatic rings. The summed E-state index contributed by atoms with van der Waals surface area (Å²) in [6, 6.07) is 18.0. The van der Waals surface area contributed by atoms with Gasteiger partial charge in [0.15, 0.2) is 0 Å². The average Bonchev–Trinajstić information content (AvgIpc) is 3.20. The highest BCUT2D eigenvalue weighted by Crippen LogP contribution is 2.23. The van der Waals surface area contributed by atoms with Crippen LogP contribution in [0.4, 0.5) is 0 Å². The molecule has 0 fully saturated rings. The van der Waals surface area contributed by atoms with E-state index in [0.29, 0.717) is 13.2 Å². The van der Waals surface area contributed by atoms with Crippen LogP contribution in [0.5, 0.6) is 5.75 Å². The fourth-order valence-electron chi connectivity index (χ4n) is 3.40. The number of fused-ring (bicyclic) bond motifs is 1. The highest BCUT2D eigenvalue weighted by molar-refractivity contribution is 5.79. The first-order valence-corrected chi connectivity index (χ1v) is 9.32. The van der Waals surface area contributed by atoms with Gasteiger partial charge < -0.3 is 15.0 Å². The fraction of sp³-hybridized carbons (Fsp3) is 0.273. The molecule has 0 saturated heterocycles. The molecule has 4 rings (SSSR count). The Hall–Kier alpha value is -3.08. The maximum Gasteiger partial charge on any atom is 0.223 e. The second-order valence-electron chi connectivity index (χ2n) is 6.90. The summed E-state index contributed by atoms with van der Waals surface area (Å²) in [5, 5.41) is 3.05. The van der Waals surface area contributed by atoms with Crippen LogP contribution in [0.2, 0.25) is 0 Å². The topological polar surface area (TPSA) is 67.0 Å². The van der Waals surface area contributed by atoms with Crippen molar-refractivity contribution in [2.45, 2.75) is 32.4 Å². The number of carbonyl (C=O) groups is 1. The largest absolute Gasteiger partial charge is 0.489 e. The second-order valence-corrected chi connectivity index (χ2v) is 6.90. The fourth-order valence-corrected chi connectivity index (χ4v) is 3.40. The van der Waals surface area contributed by atoms with Crippen LogP contribution in [0.25, 0.3) is 0 Å². The van der Waals surface area contributed by atoms with Gasteiger partial charge in [-0.1, -0.05) is 42.5 Å². The molecule has 1 atom stereocenters. The monoisotopic (exact) mass is 361 g/mol. The number of rotatable bonds is 6. The van der Waals surface area contributed by atoms with Gasteiger partial charge in [-0.3, -0.25) is 4.79 Å². The average molecular weight is 361 g/mol. The second kappa shape index (κ2) is 8.08. The molecule has 5 heteroatoms. The standard InChI is InChI=1S/C22H23N3O2/c26-22(18-8-11-20-21(12-18)25-15-24-20)23-13-16-6-9-19(10-7-16)27-14-17-4-2-1-3-5-17/h1-7,9-10,15,18H,8,11-14H2,(H,23,26)(H,24,25). The summed E-state index contributed by atoms with van der Waals surface area (Å²) in [6.45, 7) is 1.08. The van der Waals surface area contributed by atoms with E-state index in [4.69, 9.17) is 4.74 Å². The Balaban J connectivity index is 1.26. The number of hydrogen-bond donors (Lipinski definition) is 2. The molecule has 1 aromatic heterocycles. The van der Waals surface area contributed by atoms with Gasteiger partial charge in [0, 0.05) is 24.6 Å². The predicted molar refractivity (Wildman–Crippen MR) is 103 cm³/mol. The summed E-state index contributed by atoms with van der Waals surface area (Å²) in [6.07, 6.45) is 4.18. The third-order valence-electron chi connectivity index (χ3n) is 5.00. The summed E-state index contributed by atoms with van der Waals surface area (Å²) in [4.78, 5) is 19.9. The zero-order valence-electron chi connectivity index (χ0n) is 15.2. The van der Waals surface area contributed by atoms with Crippen molar-refractivity contribution in [3.8, 4) is 5.75 Å². The number of carbonyl (C=O) groups excluding carboxylic acids is 1. The van der Waals surface area contributed by atoms with Crippen molar-refractivity contribution in [3.63, 3.8) is 0 Å². The molecule has 0 radical (unpaired) electrons. The van der Waals surface area contributed by atoms with Crippen molar-refractivity contribution in [2.24, 2.45) is 5.92 Å². The van der Waals surface area contributed by atoms with E-state index in [1.807, 2.05) is 54.6 Å². The minimum atomic E-state index is 0.0198. The highest BCUT2D eigenvalue weighted by atomic mass is 16.5. The van der Waals surface area contributed by atoms with Crippen LogP contribution in [-0.4, -0.2) is 15.9 Å². The van der Waals surface area contributed by atoms with E-state index in [1.54, 1.807) is 6.33 Å². The van der Waals surface area contributed by atoms with E-state index in [-0.39, 0.29) is 11.8 Å². The van der Waals surface area contributed by atoms with Crippen LogP contribution in [0.1, 0.15) is 28.9 Å². The Bertz CT molecular complexity index is 887. The molecule has 138 valence electrons. The molecule has 1 amide bonds. The molecule has 0 bridgehead atoms. The zero-order valence-corrected chi connectivity index (χ0v) is 15.2. The Morgan fingerprint density at radius 1 is 1.11 bits per heavy atom. The molecule has 0 aliphatic heterocycles. The molecule has 1 unspecified atom stereocenters. The van der Waals surface area contributed by atoms with Gasteiger partial charge in [-0.05, 0) is 36.1 Å². The number of aryl methyl sites for hydroxylation is 1. The van der Waals surface area contributed by atoms with Gasteiger partial charge in [-0.25, -0.2) is 4.98 Å². The number of imidazole rings is 1. The number of H-pyrrole nitrogens is 1. The van der Waals surface area contributed by atoms with Gasteiger partial charge >= 0.3 is 0 Å². The number of benzene rings is 2. The van der Waals surface area contributed by atoms with Crippen molar-refractivity contribution < 1.29 is 9.53 Å².